The molecule has 3 atom stereocenters. The van der Waals surface area contributed by atoms with Crippen molar-refractivity contribution in [3.05, 3.63) is 77.2 Å². The summed E-state index contributed by atoms with van der Waals surface area (Å²) < 4.78 is 89.4. The number of ether oxygens (including phenoxy) is 2. The first-order valence-electron chi connectivity index (χ1n) is 18.8. The highest BCUT2D eigenvalue weighted by Gasteiger charge is 2.47. The molecule has 1 fully saturated rings. The summed E-state index contributed by atoms with van der Waals surface area (Å²) in [6.45, 7) is 6.83. The van der Waals surface area contributed by atoms with E-state index in [0.717, 1.165) is 60.4 Å². The van der Waals surface area contributed by atoms with E-state index in [4.69, 9.17) is 29.3 Å². The molecule has 19 heteroatoms. The zero-order valence-corrected chi connectivity index (χ0v) is 34.0. The van der Waals surface area contributed by atoms with E-state index in [9.17, 15) is 40.6 Å². The van der Waals surface area contributed by atoms with Gasteiger partial charge >= 0.3 is 24.3 Å². The number of anilines is 1. The summed E-state index contributed by atoms with van der Waals surface area (Å²) in [7, 11) is 5.43. The number of aromatic nitrogens is 1. The van der Waals surface area contributed by atoms with Crippen LogP contribution in [0.1, 0.15) is 69.2 Å². The maximum absolute atomic E-state index is 14.0. The lowest BCUT2D eigenvalue weighted by Gasteiger charge is -2.49. The van der Waals surface area contributed by atoms with Crippen molar-refractivity contribution in [2.45, 2.75) is 95.4 Å². The summed E-state index contributed by atoms with van der Waals surface area (Å²) in [5, 5.41) is 32.3. The lowest BCUT2D eigenvalue weighted by Crippen LogP contribution is -2.52. The van der Waals surface area contributed by atoms with Gasteiger partial charge in [0.2, 0.25) is 5.91 Å². The Morgan fingerprint density at radius 3 is 2.08 bits per heavy atom. The molecule has 2 heterocycles. The van der Waals surface area contributed by atoms with E-state index in [1.807, 2.05) is 31.3 Å². The van der Waals surface area contributed by atoms with Crippen molar-refractivity contribution in [1.29, 1.82) is 0 Å². The first-order valence-corrected chi connectivity index (χ1v) is 18.8. The number of aliphatic hydroxyl groups is 1. The highest BCUT2D eigenvalue weighted by atomic mass is 19.4. The number of hydrogen-bond acceptors (Lipinski definition) is 9. The minimum Gasteiger partial charge on any atom is -0.486 e. The van der Waals surface area contributed by atoms with Gasteiger partial charge in [-0.1, -0.05) is 39.0 Å². The van der Waals surface area contributed by atoms with Gasteiger partial charge in [0, 0.05) is 57.5 Å². The van der Waals surface area contributed by atoms with Gasteiger partial charge in [-0.3, -0.25) is 4.79 Å². The molecule has 0 radical (unpaired) electrons. The monoisotopic (exact) mass is 860 g/mol. The molecular formula is C41H51F7N4O8. The molecular weight excluding hydrogens is 809 g/mol. The lowest BCUT2D eigenvalue weighted by atomic mass is 9.72. The number of carbonyl (C=O) groups excluding carboxylic acids is 1. The molecule has 0 bridgehead atoms. The molecule has 332 valence electrons. The number of carboxylic acid groups (broad SMARTS) is 2. The highest BCUT2D eigenvalue weighted by Crippen LogP contribution is 2.52. The van der Waals surface area contributed by atoms with E-state index in [0.29, 0.717) is 5.56 Å². The number of carbonyl (C=O) groups is 3. The predicted octanol–water partition coefficient (Wildman–Crippen LogP) is 6.88. The summed E-state index contributed by atoms with van der Waals surface area (Å²) in [6, 6.07) is 14.2. The van der Waals surface area contributed by atoms with Crippen molar-refractivity contribution in [2.75, 3.05) is 39.3 Å². The summed E-state index contributed by atoms with van der Waals surface area (Å²) >= 11 is 0. The SMILES string of the molecule is COCC(=O)N[C@@H](Cc1cccc(F)c1)[C@H](O)CN[C@H]1CC2(CCC2)Oc2c(-c3ccnc(N(C)C)c3)cc(CC(C)(C)C)cc21.O=C(O)C(F)(F)F.O=C(O)C(F)(F)F. The quantitative estimate of drug-likeness (QED) is 0.120. The molecule has 2 aromatic carbocycles. The summed E-state index contributed by atoms with van der Waals surface area (Å²) in [4.78, 5) is 36.9. The molecule has 60 heavy (non-hydrogen) atoms. The number of aliphatic hydroxyl groups excluding tert-OH is 1. The molecule has 3 aromatic rings. The Bertz CT molecular complexity index is 1910. The highest BCUT2D eigenvalue weighted by molar-refractivity contribution is 5.78. The molecule has 1 amide bonds. The third-order valence-electron chi connectivity index (χ3n) is 9.45. The van der Waals surface area contributed by atoms with Crippen molar-refractivity contribution in [2.24, 2.45) is 5.41 Å². The summed E-state index contributed by atoms with van der Waals surface area (Å²) in [5.41, 5.74) is 4.91. The number of alkyl halides is 6. The Morgan fingerprint density at radius 2 is 1.58 bits per heavy atom. The Labute approximate surface area is 343 Å². The molecule has 1 aromatic heterocycles. The van der Waals surface area contributed by atoms with Gasteiger partial charge in [-0.25, -0.2) is 19.0 Å². The third kappa shape index (κ3) is 14.9. The second-order valence-corrected chi connectivity index (χ2v) is 16.0. The number of nitrogens with one attached hydrogen (secondary N) is 2. The van der Waals surface area contributed by atoms with Gasteiger partial charge < -0.3 is 40.3 Å². The van der Waals surface area contributed by atoms with E-state index in [1.54, 1.807) is 12.1 Å². The maximum Gasteiger partial charge on any atom is 0.490 e. The van der Waals surface area contributed by atoms with E-state index >= 15 is 0 Å². The minimum atomic E-state index is -5.08. The van der Waals surface area contributed by atoms with Crippen LogP contribution < -0.4 is 20.3 Å². The standard InChI is InChI=1S/C37H49FN4O4.2C2HF3O2/c1-36(2,3)20-25-16-28(26-11-14-39-33(19-26)42(4)5)35-29(17-25)31(21-37(46-35)12-8-13-37)40-22-32(43)30(41-34(44)23-45-6)18-24-9-7-10-27(38)15-24;2*3-2(4,5)1(6)7/h7,9-11,14-17,19,30-32,40,43H,8,12-13,18,20-23H2,1-6H3,(H,41,44);2*(H,6,7)/t30-,31-,32+;;/m0../s1. The van der Waals surface area contributed by atoms with E-state index in [1.165, 1.54) is 24.8 Å². The lowest BCUT2D eigenvalue weighted by molar-refractivity contribution is -0.193. The molecule has 1 spiro atoms. The zero-order valence-electron chi connectivity index (χ0n) is 34.0. The number of fused-ring (bicyclic) bond motifs is 1. The number of amides is 1. The molecule has 2 aliphatic rings. The van der Waals surface area contributed by atoms with Crippen molar-refractivity contribution in [3.63, 3.8) is 0 Å². The van der Waals surface area contributed by atoms with Crippen molar-refractivity contribution >= 4 is 23.7 Å². The second-order valence-electron chi connectivity index (χ2n) is 16.0. The van der Waals surface area contributed by atoms with Crippen molar-refractivity contribution in [3.8, 4) is 16.9 Å². The van der Waals surface area contributed by atoms with Crippen LogP contribution in [0.4, 0.5) is 36.6 Å². The number of nitrogens with zero attached hydrogens (tertiary/aromatic N) is 2. The van der Waals surface area contributed by atoms with E-state index in [2.05, 4.69) is 54.6 Å². The number of benzene rings is 2. The Balaban J connectivity index is 0.000000589. The number of methoxy groups -OCH3 is 1. The largest absolute Gasteiger partial charge is 0.490 e. The van der Waals surface area contributed by atoms with Crippen LogP contribution in [0, 0.1) is 11.2 Å². The van der Waals surface area contributed by atoms with Crippen LogP contribution in [0.2, 0.25) is 0 Å². The number of carboxylic acids is 2. The van der Waals surface area contributed by atoms with Crippen LogP contribution in [-0.2, 0) is 32.0 Å². The van der Waals surface area contributed by atoms with Gasteiger partial charge in [0.1, 0.15) is 29.6 Å². The number of aliphatic carboxylic acids is 2. The van der Waals surface area contributed by atoms with Crippen molar-refractivity contribution in [1.82, 2.24) is 15.6 Å². The van der Waals surface area contributed by atoms with Crippen molar-refractivity contribution < 1.29 is 69.9 Å². The number of halogens is 7. The van der Waals surface area contributed by atoms with Gasteiger partial charge in [0.15, 0.2) is 0 Å². The Morgan fingerprint density at radius 1 is 0.967 bits per heavy atom. The molecule has 1 aliphatic heterocycles. The first kappa shape index (κ1) is 49.4. The maximum atomic E-state index is 14.0. The molecule has 0 saturated heterocycles. The van der Waals surface area contributed by atoms with Crippen LogP contribution in [-0.4, -0.2) is 103 Å². The number of rotatable bonds is 12. The molecule has 5 rings (SSSR count). The van der Waals surface area contributed by atoms with Gasteiger partial charge in [-0.15, -0.1) is 0 Å². The van der Waals surface area contributed by atoms with Gasteiger partial charge in [-0.2, -0.15) is 26.3 Å². The van der Waals surface area contributed by atoms with Gasteiger partial charge in [-0.05, 0) is 84.5 Å². The van der Waals surface area contributed by atoms with Crippen LogP contribution in [0.25, 0.3) is 11.1 Å². The fraction of sp³-hybridized carbons (Fsp3) is 0.512. The Hall–Kier alpha value is -5.01. The smallest absolute Gasteiger partial charge is 0.486 e. The van der Waals surface area contributed by atoms with Crippen LogP contribution in [0.5, 0.6) is 5.75 Å². The molecule has 5 N–H and O–H groups in total. The minimum absolute atomic E-state index is 0.0722. The van der Waals surface area contributed by atoms with Gasteiger partial charge in [0.25, 0.3) is 0 Å². The molecule has 12 nitrogen and oxygen atoms in total. The van der Waals surface area contributed by atoms with Gasteiger partial charge in [0.05, 0.1) is 12.1 Å². The first-order chi connectivity index (χ1) is 27.7. The van der Waals surface area contributed by atoms with Crippen LogP contribution in [0.15, 0.2) is 54.7 Å². The van der Waals surface area contributed by atoms with E-state index in [-0.39, 0.29) is 48.4 Å². The van der Waals surface area contributed by atoms with Crippen LogP contribution in [0.3, 0.4) is 0 Å². The third-order valence-corrected chi connectivity index (χ3v) is 9.45. The Kier molecular flexibility index (Phi) is 16.9. The average Bonchev–Trinajstić information content (AvgIpc) is 3.11. The number of hydrogen-bond donors (Lipinski definition) is 5. The predicted molar refractivity (Wildman–Crippen MR) is 207 cm³/mol. The fourth-order valence-electron chi connectivity index (χ4n) is 6.63. The molecule has 0 unspecified atom stereocenters. The second kappa shape index (κ2) is 20.5. The zero-order chi connectivity index (χ0) is 45.2. The summed E-state index contributed by atoms with van der Waals surface area (Å²) in [5.74, 6) is -4.44. The normalized spacial score (nSPS) is 16.6. The van der Waals surface area contributed by atoms with E-state index < -0.39 is 36.4 Å². The van der Waals surface area contributed by atoms with Crippen LogP contribution >= 0.6 is 0 Å². The topological polar surface area (TPSA) is 171 Å². The fourth-order valence-corrected chi connectivity index (χ4v) is 6.63. The number of pyridine rings is 1. The molecule has 1 aliphatic carbocycles. The average molecular weight is 861 g/mol. The summed E-state index contributed by atoms with van der Waals surface area (Å²) in [6.07, 6.45) is -4.24. The molecule has 1 saturated carbocycles.